The van der Waals surface area contributed by atoms with Crippen molar-refractivity contribution < 1.29 is 17.6 Å². The number of aliphatic imine (C=N–C) groups is 1. The number of nitrogens with two attached hydrogens (primary N) is 1. The maximum atomic E-state index is 14.3. The minimum atomic E-state index is -4.59. The van der Waals surface area contributed by atoms with Crippen LogP contribution in [0.2, 0.25) is 0 Å². The molecular weight excluding hydrogens is 338 g/mol. The van der Waals surface area contributed by atoms with Crippen molar-refractivity contribution in [2.24, 2.45) is 10.7 Å². The van der Waals surface area contributed by atoms with Crippen LogP contribution in [0.4, 0.5) is 23.5 Å². The van der Waals surface area contributed by atoms with E-state index in [0.717, 1.165) is 12.1 Å². The van der Waals surface area contributed by atoms with E-state index in [2.05, 4.69) is 15.3 Å². The first-order valence-electron chi connectivity index (χ1n) is 7.28. The molecule has 0 spiro atoms. The number of aromatic nitrogens is 2. The van der Waals surface area contributed by atoms with Gasteiger partial charge in [-0.1, -0.05) is 12.1 Å². The fraction of sp³-hybridized carbons (Fsp3) is 0.125. The standard InChI is InChI=1S/C16H11F4N5/c17-10-6-5-8(16(18,19)20)7-9(10)13-23-14(21)24-15-22-11-3-1-2-4-12(11)25(13)15/h1-7,13H,(H3,21,22,23,24). The van der Waals surface area contributed by atoms with Crippen LogP contribution in [0, 0.1) is 5.82 Å². The predicted molar refractivity (Wildman–Crippen MR) is 84.5 cm³/mol. The first-order chi connectivity index (χ1) is 11.8. The number of alkyl halides is 3. The van der Waals surface area contributed by atoms with Gasteiger partial charge in [0.2, 0.25) is 5.95 Å². The van der Waals surface area contributed by atoms with Crippen molar-refractivity contribution >= 4 is 22.9 Å². The lowest BCUT2D eigenvalue weighted by Gasteiger charge is -2.24. The average Bonchev–Trinajstić information content (AvgIpc) is 2.91. The van der Waals surface area contributed by atoms with Gasteiger partial charge in [0.15, 0.2) is 12.1 Å². The number of anilines is 1. The number of imidazole rings is 1. The maximum Gasteiger partial charge on any atom is 0.416 e. The monoisotopic (exact) mass is 349 g/mol. The summed E-state index contributed by atoms with van der Waals surface area (Å²) in [6.45, 7) is 0. The third-order valence-corrected chi connectivity index (χ3v) is 3.94. The summed E-state index contributed by atoms with van der Waals surface area (Å²) in [5, 5.41) is 2.75. The highest BCUT2D eigenvalue weighted by atomic mass is 19.4. The lowest BCUT2D eigenvalue weighted by atomic mass is 10.1. The van der Waals surface area contributed by atoms with E-state index < -0.39 is 23.7 Å². The largest absolute Gasteiger partial charge is 0.416 e. The SMILES string of the molecule is NC1=NC(c2cc(C(F)(F)F)ccc2F)n2c(nc3ccccc32)N1. The van der Waals surface area contributed by atoms with Gasteiger partial charge in [-0.3, -0.25) is 9.88 Å². The summed E-state index contributed by atoms with van der Waals surface area (Å²) < 4.78 is 54.9. The second-order valence-electron chi connectivity index (χ2n) is 5.54. The van der Waals surface area contributed by atoms with Gasteiger partial charge in [0.05, 0.1) is 16.6 Å². The highest BCUT2D eigenvalue weighted by Gasteiger charge is 2.34. The molecule has 1 aliphatic heterocycles. The Morgan fingerprint density at radius 3 is 2.64 bits per heavy atom. The predicted octanol–water partition coefficient (Wildman–Crippen LogP) is 3.48. The summed E-state index contributed by atoms with van der Waals surface area (Å²) >= 11 is 0. The normalized spacial score (nSPS) is 17.1. The summed E-state index contributed by atoms with van der Waals surface area (Å²) in [5.41, 5.74) is 5.72. The molecule has 0 saturated heterocycles. The molecule has 2 aromatic carbocycles. The van der Waals surface area contributed by atoms with Gasteiger partial charge in [-0.2, -0.15) is 13.2 Å². The molecule has 0 aliphatic carbocycles. The second-order valence-corrected chi connectivity index (χ2v) is 5.54. The van der Waals surface area contributed by atoms with Crippen LogP contribution in [0.3, 0.4) is 0 Å². The van der Waals surface area contributed by atoms with Gasteiger partial charge in [-0.05, 0) is 30.3 Å². The number of nitrogens with one attached hydrogen (secondary N) is 1. The van der Waals surface area contributed by atoms with Crippen molar-refractivity contribution in [3.63, 3.8) is 0 Å². The fourth-order valence-electron chi connectivity index (χ4n) is 2.84. The van der Waals surface area contributed by atoms with Gasteiger partial charge in [0.1, 0.15) is 5.82 Å². The molecule has 128 valence electrons. The van der Waals surface area contributed by atoms with Gasteiger partial charge in [-0.25, -0.2) is 14.4 Å². The van der Waals surface area contributed by atoms with Crippen molar-refractivity contribution in [3.8, 4) is 0 Å². The first kappa shape index (κ1) is 15.4. The van der Waals surface area contributed by atoms with E-state index in [-0.39, 0.29) is 17.5 Å². The molecule has 25 heavy (non-hydrogen) atoms. The summed E-state index contributed by atoms with van der Waals surface area (Å²) in [4.78, 5) is 8.43. The number of benzene rings is 2. The Balaban J connectivity index is 1.96. The summed E-state index contributed by atoms with van der Waals surface area (Å²) in [6, 6.07) is 9.20. The summed E-state index contributed by atoms with van der Waals surface area (Å²) in [7, 11) is 0. The minimum Gasteiger partial charge on any atom is -0.370 e. The number of hydrogen-bond acceptors (Lipinski definition) is 4. The topological polar surface area (TPSA) is 68.2 Å². The summed E-state index contributed by atoms with van der Waals surface area (Å²) in [6.07, 6.45) is -5.68. The van der Waals surface area contributed by atoms with E-state index in [1.807, 2.05) is 0 Å². The Bertz CT molecular complexity index is 1010. The lowest BCUT2D eigenvalue weighted by Crippen LogP contribution is -2.32. The van der Waals surface area contributed by atoms with E-state index in [4.69, 9.17) is 5.73 Å². The summed E-state index contributed by atoms with van der Waals surface area (Å²) in [5.74, 6) is -0.569. The second kappa shape index (κ2) is 5.20. The van der Waals surface area contributed by atoms with Crippen LogP contribution in [0.5, 0.6) is 0 Å². The van der Waals surface area contributed by atoms with Gasteiger partial charge in [0.25, 0.3) is 0 Å². The fourth-order valence-corrected chi connectivity index (χ4v) is 2.84. The third-order valence-electron chi connectivity index (χ3n) is 3.94. The highest BCUT2D eigenvalue weighted by Crippen LogP contribution is 2.36. The molecule has 4 rings (SSSR count). The number of halogens is 4. The number of hydrogen-bond donors (Lipinski definition) is 2. The molecule has 0 radical (unpaired) electrons. The lowest BCUT2D eigenvalue weighted by molar-refractivity contribution is -0.137. The average molecular weight is 349 g/mol. The Morgan fingerprint density at radius 1 is 1.12 bits per heavy atom. The molecule has 3 aromatic rings. The van der Waals surface area contributed by atoms with Crippen LogP contribution in [-0.2, 0) is 6.18 Å². The van der Waals surface area contributed by atoms with Crippen LogP contribution >= 0.6 is 0 Å². The van der Waals surface area contributed by atoms with Crippen molar-refractivity contribution in [1.29, 1.82) is 0 Å². The Labute approximate surface area is 138 Å². The van der Waals surface area contributed by atoms with E-state index >= 15 is 0 Å². The number of nitrogens with zero attached hydrogens (tertiary/aromatic N) is 3. The van der Waals surface area contributed by atoms with Crippen LogP contribution in [0.25, 0.3) is 11.0 Å². The quantitative estimate of drug-likeness (QED) is 0.661. The van der Waals surface area contributed by atoms with E-state index in [1.54, 1.807) is 24.3 Å². The maximum absolute atomic E-state index is 14.3. The van der Waals surface area contributed by atoms with Crippen molar-refractivity contribution in [2.75, 3.05) is 5.32 Å². The molecular formula is C16H11F4N5. The molecule has 3 N–H and O–H groups in total. The molecule has 1 unspecified atom stereocenters. The molecule has 0 bridgehead atoms. The van der Waals surface area contributed by atoms with Crippen molar-refractivity contribution in [2.45, 2.75) is 12.3 Å². The van der Waals surface area contributed by atoms with E-state index in [0.29, 0.717) is 17.1 Å². The molecule has 1 aliphatic rings. The zero-order chi connectivity index (χ0) is 17.8. The number of fused-ring (bicyclic) bond motifs is 3. The van der Waals surface area contributed by atoms with E-state index in [9.17, 15) is 17.6 Å². The molecule has 5 nitrogen and oxygen atoms in total. The molecule has 1 aromatic heterocycles. The number of rotatable bonds is 1. The number of para-hydroxylation sites is 2. The van der Waals surface area contributed by atoms with E-state index in [1.165, 1.54) is 4.57 Å². The van der Waals surface area contributed by atoms with Gasteiger partial charge in [-0.15, -0.1) is 0 Å². The van der Waals surface area contributed by atoms with Gasteiger partial charge < -0.3 is 5.73 Å². The zero-order valence-electron chi connectivity index (χ0n) is 12.5. The zero-order valence-corrected chi connectivity index (χ0v) is 12.5. The van der Waals surface area contributed by atoms with Gasteiger partial charge >= 0.3 is 6.18 Å². The first-order valence-corrected chi connectivity index (χ1v) is 7.28. The van der Waals surface area contributed by atoms with Gasteiger partial charge in [0, 0.05) is 5.56 Å². The smallest absolute Gasteiger partial charge is 0.370 e. The van der Waals surface area contributed by atoms with Crippen molar-refractivity contribution in [1.82, 2.24) is 9.55 Å². The molecule has 9 heteroatoms. The Kier molecular flexibility index (Phi) is 3.21. The number of guanidine groups is 1. The van der Waals surface area contributed by atoms with Crippen LogP contribution in [-0.4, -0.2) is 15.5 Å². The molecule has 0 fully saturated rings. The molecule has 0 amide bonds. The van der Waals surface area contributed by atoms with Crippen LogP contribution in [0.15, 0.2) is 47.5 Å². The van der Waals surface area contributed by atoms with Crippen LogP contribution < -0.4 is 11.1 Å². The minimum absolute atomic E-state index is 0.0513. The molecule has 0 saturated carbocycles. The Morgan fingerprint density at radius 2 is 1.88 bits per heavy atom. The Hall–Kier alpha value is -3.10. The molecule has 1 atom stereocenters. The highest BCUT2D eigenvalue weighted by molar-refractivity contribution is 5.94. The van der Waals surface area contributed by atoms with Crippen molar-refractivity contribution in [3.05, 3.63) is 59.4 Å². The third kappa shape index (κ3) is 2.48. The van der Waals surface area contributed by atoms with Crippen LogP contribution in [0.1, 0.15) is 17.3 Å². The molecule has 2 heterocycles.